The van der Waals surface area contributed by atoms with Crippen LogP contribution in [-0.4, -0.2) is 21.4 Å². The molecule has 2 aromatic carbocycles. The molecule has 0 saturated heterocycles. The Morgan fingerprint density at radius 1 is 1.20 bits per heavy atom. The van der Waals surface area contributed by atoms with Crippen molar-refractivity contribution in [3.8, 4) is 5.69 Å². The number of thioether (sulfide) groups is 1. The molecule has 3 aromatic rings. The molecule has 3 rings (SSSR count). The van der Waals surface area contributed by atoms with E-state index in [1.54, 1.807) is 4.68 Å². The van der Waals surface area contributed by atoms with E-state index in [0.29, 0.717) is 9.71 Å². The van der Waals surface area contributed by atoms with Gasteiger partial charge in [-0.25, -0.2) is 4.68 Å². The zero-order valence-corrected chi connectivity index (χ0v) is 16.0. The van der Waals surface area contributed by atoms with E-state index in [9.17, 15) is 4.79 Å². The van der Waals surface area contributed by atoms with Crippen molar-refractivity contribution in [2.24, 2.45) is 0 Å². The predicted octanol–water partition coefficient (Wildman–Crippen LogP) is 4.63. The van der Waals surface area contributed by atoms with Crippen LogP contribution in [0.15, 0.2) is 65.0 Å². The quantitative estimate of drug-likeness (QED) is 0.495. The molecule has 25 heavy (non-hydrogen) atoms. The molecule has 1 N–H and O–H groups in total. The number of nitrogens with one attached hydrogen (secondary N) is 1. The number of rotatable bonds is 6. The van der Waals surface area contributed by atoms with Crippen LogP contribution in [0.3, 0.4) is 0 Å². The molecule has 0 aliphatic rings. The molecule has 0 radical (unpaired) electrons. The van der Waals surface area contributed by atoms with Crippen LogP contribution in [0, 0.1) is 3.95 Å². The first-order chi connectivity index (χ1) is 12.1. The molecule has 0 spiro atoms. The number of amides is 1. The van der Waals surface area contributed by atoms with Gasteiger partial charge in [0.2, 0.25) is 5.91 Å². The molecule has 0 bridgehead atoms. The number of carbonyl (C=O) groups is 1. The average molecular weight is 388 g/mol. The van der Waals surface area contributed by atoms with E-state index in [1.165, 1.54) is 23.1 Å². The zero-order chi connectivity index (χ0) is 17.6. The zero-order valence-electron chi connectivity index (χ0n) is 13.6. The van der Waals surface area contributed by atoms with Crippen LogP contribution in [0.5, 0.6) is 0 Å². The van der Waals surface area contributed by atoms with Crippen molar-refractivity contribution in [3.05, 3.63) is 70.2 Å². The molecular weight excluding hydrogens is 370 g/mol. The van der Waals surface area contributed by atoms with E-state index >= 15 is 0 Å². The van der Waals surface area contributed by atoms with Gasteiger partial charge in [-0.2, -0.15) is 0 Å². The summed E-state index contributed by atoms with van der Waals surface area (Å²) in [6.07, 6.45) is 0. The highest BCUT2D eigenvalue weighted by Crippen LogP contribution is 2.24. The van der Waals surface area contributed by atoms with E-state index in [0.717, 1.165) is 15.6 Å². The second-order valence-electron chi connectivity index (χ2n) is 5.37. The van der Waals surface area contributed by atoms with Gasteiger partial charge in [0, 0.05) is 0 Å². The number of hydrogen-bond acceptors (Lipinski definition) is 5. The number of hydrogen-bond donors (Lipinski definition) is 1. The predicted molar refractivity (Wildman–Crippen MR) is 106 cm³/mol. The molecule has 0 aliphatic heterocycles. The van der Waals surface area contributed by atoms with Gasteiger partial charge in [0.05, 0.1) is 17.5 Å². The largest absolute Gasteiger partial charge is 0.349 e. The molecule has 1 heterocycles. The van der Waals surface area contributed by atoms with Gasteiger partial charge in [-0.15, -0.1) is 5.10 Å². The summed E-state index contributed by atoms with van der Waals surface area (Å²) in [5, 5.41) is 7.51. The van der Waals surface area contributed by atoms with Crippen molar-refractivity contribution in [3.63, 3.8) is 0 Å². The summed E-state index contributed by atoms with van der Waals surface area (Å²) in [5.41, 5.74) is 2.02. The van der Waals surface area contributed by atoms with Gasteiger partial charge in [-0.3, -0.25) is 4.79 Å². The van der Waals surface area contributed by atoms with Gasteiger partial charge in [-0.05, 0) is 36.8 Å². The molecule has 0 fully saturated rings. The van der Waals surface area contributed by atoms with E-state index in [2.05, 4.69) is 10.4 Å². The maximum Gasteiger partial charge on any atom is 0.230 e. The second kappa shape index (κ2) is 8.42. The fourth-order valence-corrected chi connectivity index (χ4v) is 4.46. The van der Waals surface area contributed by atoms with Crippen molar-refractivity contribution in [1.82, 2.24) is 15.1 Å². The highest BCUT2D eigenvalue weighted by atomic mass is 32.2. The van der Waals surface area contributed by atoms with Gasteiger partial charge in [0.25, 0.3) is 0 Å². The summed E-state index contributed by atoms with van der Waals surface area (Å²) < 4.78 is 3.19. The molecule has 1 atom stereocenters. The minimum absolute atomic E-state index is 0.0191. The number of para-hydroxylation sites is 1. The van der Waals surface area contributed by atoms with Gasteiger partial charge in [0.1, 0.15) is 0 Å². The minimum atomic E-state index is -0.0197. The molecule has 1 aromatic heterocycles. The molecule has 0 aliphatic carbocycles. The standard InChI is InChI=1S/C18H17N3OS3/c1-13(14-8-4-2-5-9-14)19-16(22)12-24-17-20-21(18(23)25-17)15-10-6-3-7-11-15/h2-11,13H,12H2,1H3,(H,19,22)/t13-/m1/s1. The Morgan fingerprint density at radius 3 is 2.52 bits per heavy atom. The maximum atomic E-state index is 12.2. The Bertz CT molecular complexity index is 891. The SMILES string of the molecule is C[C@@H](NC(=O)CSc1nn(-c2ccccc2)c(=S)s1)c1ccccc1. The fourth-order valence-electron chi connectivity index (χ4n) is 2.29. The molecule has 0 saturated carbocycles. The number of benzene rings is 2. The Kier molecular flexibility index (Phi) is 6.01. The maximum absolute atomic E-state index is 12.2. The Morgan fingerprint density at radius 2 is 1.84 bits per heavy atom. The minimum Gasteiger partial charge on any atom is -0.349 e. The molecular formula is C18H17N3OS3. The van der Waals surface area contributed by atoms with Crippen molar-refractivity contribution < 1.29 is 4.79 Å². The van der Waals surface area contributed by atoms with E-state index < -0.39 is 0 Å². The van der Waals surface area contributed by atoms with Crippen molar-refractivity contribution in [2.45, 2.75) is 17.3 Å². The molecule has 0 unspecified atom stereocenters. The van der Waals surface area contributed by atoms with Gasteiger partial charge in [0.15, 0.2) is 8.29 Å². The summed E-state index contributed by atoms with van der Waals surface area (Å²) in [5.74, 6) is 0.294. The average Bonchev–Trinajstić information content (AvgIpc) is 3.02. The monoisotopic (exact) mass is 387 g/mol. The fraction of sp³-hybridized carbons (Fsp3) is 0.167. The van der Waals surface area contributed by atoms with Crippen molar-refractivity contribution in [2.75, 3.05) is 5.75 Å². The Hall–Kier alpha value is -1.96. The summed E-state index contributed by atoms with van der Waals surface area (Å²) in [4.78, 5) is 12.2. The highest BCUT2D eigenvalue weighted by molar-refractivity contribution is 8.01. The topological polar surface area (TPSA) is 46.9 Å². The van der Waals surface area contributed by atoms with Crippen LogP contribution in [-0.2, 0) is 4.79 Å². The van der Waals surface area contributed by atoms with Gasteiger partial charge >= 0.3 is 0 Å². The van der Waals surface area contributed by atoms with E-state index in [1.807, 2.05) is 67.6 Å². The summed E-state index contributed by atoms with van der Waals surface area (Å²) >= 11 is 8.19. The third-order valence-corrected chi connectivity index (χ3v) is 5.90. The molecule has 1 amide bonds. The highest BCUT2D eigenvalue weighted by Gasteiger charge is 2.12. The first-order valence-corrected chi connectivity index (χ1v) is 9.97. The summed E-state index contributed by atoms with van der Waals surface area (Å²) in [6, 6.07) is 19.6. The molecule has 7 heteroatoms. The summed E-state index contributed by atoms with van der Waals surface area (Å²) in [6.45, 7) is 1.98. The van der Waals surface area contributed by atoms with Crippen molar-refractivity contribution in [1.29, 1.82) is 0 Å². The normalized spacial score (nSPS) is 11.9. The second-order valence-corrected chi connectivity index (χ2v) is 8.21. The third-order valence-electron chi connectivity index (χ3n) is 3.53. The lowest BCUT2D eigenvalue weighted by Gasteiger charge is -2.13. The lowest BCUT2D eigenvalue weighted by atomic mass is 10.1. The lowest BCUT2D eigenvalue weighted by Crippen LogP contribution is -2.28. The van der Waals surface area contributed by atoms with Gasteiger partial charge in [-0.1, -0.05) is 71.6 Å². The van der Waals surface area contributed by atoms with Crippen LogP contribution in [0.2, 0.25) is 0 Å². The molecule has 4 nitrogen and oxygen atoms in total. The first-order valence-electron chi connectivity index (χ1n) is 7.76. The number of aromatic nitrogens is 2. The van der Waals surface area contributed by atoms with Crippen LogP contribution in [0.25, 0.3) is 5.69 Å². The van der Waals surface area contributed by atoms with Crippen LogP contribution >= 0.6 is 35.3 Å². The van der Waals surface area contributed by atoms with E-state index in [-0.39, 0.29) is 11.9 Å². The van der Waals surface area contributed by atoms with E-state index in [4.69, 9.17) is 12.2 Å². The summed E-state index contributed by atoms with van der Waals surface area (Å²) in [7, 11) is 0. The number of nitrogens with zero attached hydrogens (tertiary/aromatic N) is 2. The first kappa shape index (κ1) is 17.8. The number of carbonyl (C=O) groups excluding carboxylic acids is 1. The van der Waals surface area contributed by atoms with Gasteiger partial charge < -0.3 is 5.32 Å². The Balaban J connectivity index is 1.59. The van der Waals surface area contributed by atoms with Crippen LogP contribution < -0.4 is 5.32 Å². The lowest BCUT2D eigenvalue weighted by molar-refractivity contribution is -0.119. The van der Waals surface area contributed by atoms with Crippen LogP contribution in [0.1, 0.15) is 18.5 Å². The Labute approximate surface area is 159 Å². The van der Waals surface area contributed by atoms with Crippen molar-refractivity contribution >= 4 is 41.2 Å². The smallest absolute Gasteiger partial charge is 0.230 e. The third kappa shape index (κ3) is 4.78. The van der Waals surface area contributed by atoms with Crippen LogP contribution in [0.4, 0.5) is 0 Å². The molecule has 128 valence electrons.